The van der Waals surface area contributed by atoms with E-state index in [4.69, 9.17) is 5.73 Å². The molecule has 0 amide bonds. The summed E-state index contributed by atoms with van der Waals surface area (Å²) in [5.41, 5.74) is 6.27. The van der Waals surface area contributed by atoms with E-state index in [0.29, 0.717) is 11.1 Å². The van der Waals surface area contributed by atoms with Crippen LogP contribution in [0.4, 0.5) is 14.5 Å². The van der Waals surface area contributed by atoms with Crippen LogP contribution in [0.15, 0.2) is 22.7 Å². The molecule has 1 nitrogen and oxygen atoms in total. The standard InChI is InChI=1S/C9H6BrF2NS/c10-5-1-2-6-4(8(5)13)3-7(14-6)9(11)12/h1-3,9H,13H2. The number of nitrogens with two attached hydrogens (primary N) is 1. The largest absolute Gasteiger partial charge is 0.397 e. The molecule has 0 fully saturated rings. The van der Waals surface area contributed by atoms with Gasteiger partial charge in [0.05, 0.1) is 10.6 Å². The fraction of sp³-hybridized carbons (Fsp3) is 0.111. The minimum atomic E-state index is -2.43. The predicted octanol–water partition coefficient (Wildman–Crippen LogP) is 4.18. The van der Waals surface area contributed by atoms with Gasteiger partial charge in [-0.25, -0.2) is 8.78 Å². The van der Waals surface area contributed by atoms with Gasteiger partial charge in [-0.1, -0.05) is 0 Å². The SMILES string of the molecule is Nc1c(Br)ccc2sc(C(F)F)cc12. The maximum Gasteiger partial charge on any atom is 0.272 e. The molecular weight excluding hydrogens is 272 g/mol. The summed E-state index contributed by atoms with van der Waals surface area (Å²) in [6.45, 7) is 0. The Hall–Kier alpha value is -0.680. The van der Waals surface area contributed by atoms with Crippen molar-refractivity contribution in [3.63, 3.8) is 0 Å². The van der Waals surface area contributed by atoms with Gasteiger partial charge in [0.15, 0.2) is 0 Å². The second-order valence-corrected chi connectivity index (χ2v) is 4.79. The molecule has 0 unspecified atom stereocenters. The van der Waals surface area contributed by atoms with Crippen LogP contribution >= 0.6 is 27.3 Å². The van der Waals surface area contributed by atoms with Crippen LogP contribution in [0, 0.1) is 0 Å². The van der Waals surface area contributed by atoms with Gasteiger partial charge in [0.25, 0.3) is 6.43 Å². The van der Waals surface area contributed by atoms with Gasteiger partial charge in [-0.05, 0) is 34.1 Å². The first kappa shape index (κ1) is 9.86. The Balaban J connectivity index is 2.71. The van der Waals surface area contributed by atoms with E-state index in [1.165, 1.54) is 6.07 Å². The van der Waals surface area contributed by atoms with Crippen molar-refractivity contribution in [3.8, 4) is 0 Å². The molecule has 14 heavy (non-hydrogen) atoms. The molecule has 0 saturated carbocycles. The number of thiophene rings is 1. The summed E-state index contributed by atoms with van der Waals surface area (Å²) in [6.07, 6.45) is -2.43. The third-order valence-electron chi connectivity index (χ3n) is 1.92. The summed E-state index contributed by atoms with van der Waals surface area (Å²) < 4.78 is 26.3. The van der Waals surface area contributed by atoms with Crippen LogP contribution in [0.25, 0.3) is 10.1 Å². The predicted molar refractivity (Wildman–Crippen MR) is 58.9 cm³/mol. The van der Waals surface area contributed by atoms with Crippen LogP contribution in [-0.2, 0) is 0 Å². The number of benzene rings is 1. The van der Waals surface area contributed by atoms with Crippen molar-refractivity contribution in [1.82, 2.24) is 0 Å². The molecule has 2 aromatic rings. The summed E-state index contributed by atoms with van der Waals surface area (Å²) in [4.78, 5) is 0.0600. The van der Waals surface area contributed by atoms with Gasteiger partial charge in [0.2, 0.25) is 0 Å². The van der Waals surface area contributed by atoms with Gasteiger partial charge in [-0.15, -0.1) is 11.3 Å². The molecule has 1 aromatic heterocycles. The lowest BCUT2D eigenvalue weighted by atomic mass is 10.2. The third-order valence-corrected chi connectivity index (χ3v) is 3.72. The van der Waals surface area contributed by atoms with E-state index in [9.17, 15) is 8.78 Å². The first-order valence-corrected chi connectivity index (χ1v) is 5.46. The van der Waals surface area contributed by atoms with E-state index < -0.39 is 6.43 Å². The zero-order valence-corrected chi connectivity index (χ0v) is 9.33. The smallest absolute Gasteiger partial charge is 0.272 e. The number of alkyl halides is 2. The first-order chi connectivity index (χ1) is 6.59. The van der Waals surface area contributed by atoms with Gasteiger partial charge in [0, 0.05) is 14.6 Å². The van der Waals surface area contributed by atoms with Crippen LogP contribution < -0.4 is 5.73 Å². The normalized spacial score (nSPS) is 11.4. The molecule has 2 N–H and O–H groups in total. The quantitative estimate of drug-likeness (QED) is 0.778. The van der Waals surface area contributed by atoms with E-state index in [2.05, 4.69) is 15.9 Å². The fourth-order valence-electron chi connectivity index (χ4n) is 1.23. The average molecular weight is 278 g/mol. The molecule has 1 aromatic carbocycles. The molecule has 0 aliphatic carbocycles. The van der Waals surface area contributed by atoms with E-state index >= 15 is 0 Å². The number of fused-ring (bicyclic) bond motifs is 1. The summed E-state index contributed by atoms with van der Waals surface area (Å²) in [7, 11) is 0. The van der Waals surface area contributed by atoms with Crippen LogP contribution in [-0.4, -0.2) is 0 Å². The molecule has 0 radical (unpaired) electrons. The molecule has 2 rings (SSSR count). The van der Waals surface area contributed by atoms with Crippen molar-refractivity contribution in [3.05, 3.63) is 27.5 Å². The summed E-state index contributed by atoms with van der Waals surface area (Å²) in [6, 6.07) is 5.00. The molecular formula is C9H6BrF2NS. The Morgan fingerprint density at radius 2 is 2.07 bits per heavy atom. The van der Waals surface area contributed by atoms with Crippen molar-refractivity contribution in [2.24, 2.45) is 0 Å². The zero-order chi connectivity index (χ0) is 10.3. The summed E-state index contributed by atoms with van der Waals surface area (Å²) in [5.74, 6) is 0. The second-order valence-electron chi connectivity index (χ2n) is 2.82. The molecule has 5 heteroatoms. The average Bonchev–Trinajstić information content (AvgIpc) is 2.56. The van der Waals surface area contributed by atoms with Crippen LogP contribution in [0.3, 0.4) is 0 Å². The fourth-order valence-corrected chi connectivity index (χ4v) is 2.51. The summed E-state index contributed by atoms with van der Waals surface area (Å²) in [5, 5.41) is 0.694. The molecule has 0 saturated heterocycles. The van der Waals surface area contributed by atoms with Gasteiger partial charge in [-0.3, -0.25) is 0 Å². The lowest BCUT2D eigenvalue weighted by Gasteiger charge is -1.97. The minimum Gasteiger partial charge on any atom is -0.397 e. The van der Waals surface area contributed by atoms with Gasteiger partial charge in [0.1, 0.15) is 0 Å². The Kier molecular flexibility index (Phi) is 2.45. The zero-order valence-electron chi connectivity index (χ0n) is 6.93. The highest BCUT2D eigenvalue weighted by molar-refractivity contribution is 9.10. The number of anilines is 1. The number of hydrogen-bond donors (Lipinski definition) is 1. The lowest BCUT2D eigenvalue weighted by Crippen LogP contribution is -1.85. The molecule has 74 valence electrons. The molecule has 1 heterocycles. The van der Waals surface area contributed by atoms with Crippen molar-refractivity contribution >= 4 is 43.0 Å². The number of halogens is 3. The second kappa shape index (κ2) is 3.47. The highest BCUT2D eigenvalue weighted by Gasteiger charge is 2.13. The first-order valence-electron chi connectivity index (χ1n) is 3.85. The molecule has 0 aliphatic rings. The maximum atomic E-state index is 12.4. The molecule has 0 bridgehead atoms. The summed E-state index contributed by atoms with van der Waals surface area (Å²) >= 11 is 4.33. The van der Waals surface area contributed by atoms with Crippen LogP contribution in [0.5, 0.6) is 0 Å². The maximum absolute atomic E-state index is 12.4. The topological polar surface area (TPSA) is 26.0 Å². The van der Waals surface area contributed by atoms with Crippen molar-refractivity contribution in [1.29, 1.82) is 0 Å². The number of rotatable bonds is 1. The van der Waals surface area contributed by atoms with Crippen LogP contribution in [0.2, 0.25) is 0 Å². The van der Waals surface area contributed by atoms with Crippen molar-refractivity contribution in [2.75, 3.05) is 5.73 Å². The Morgan fingerprint density at radius 3 is 2.71 bits per heavy atom. The number of hydrogen-bond acceptors (Lipinski definition) is 2. The highest BCUT2D eigenvalue weighted by Crippen LogP contribution is 2.37. The van der Waals surface area contributed by atoms with E-state index in [1.54, 1.807) is 12.1 Å². The van der Waals surface area contributed by atoms with Crippen LogP contribution in [0.1, 0.15) is 11.3 Å². The molecule has 0 aliphatic heterocycles. The highest BCUT2D eigenvalue weighted by atomic mass is 79.9. The van der Waals surface area contributed by atoms with E-state index in [0.717, 1.165) is 20.5 Å². The Labute approximate surface area is 91.7 Å². The Bertz CT molecular complexity index is 481. The number of nitrogen functional groups attached to an aromatic ring is 1. The molecule has 0 spiro atoms. The monoisotopic (exact) mass is 277 g/mol. The van der Waals surface area contributed by atoms with Gasteiger partial charge < -0.3 is 5.73 Å². The Morgan fingerprint density at radius 1 is 1.36 bits per heavy atom. The minimum absolute atomic E-state index is 0.0600. The van der Waals surface area contributed by atoms with Gasteiger partial charge in [-0.2, -0.15) is 0 Å². The van der Waals surface area contributed by atoms with Crippen molar-refractivity contribution in [2.45, 2.75) is 6.43 Å². The lowest BCUT2D eigenvalue weighted by molar-refractivity contribution is 0.156. The van der Waals surface area contributed by atoms with E-state index in [1.807, 2.05) is 0 Å². The van der Waals surface area contributed by atoms with E-state index in [-0.39, 0.29) is 4.88 Å². The molecule has 0 atom stereocenters. The van der Waals surface area contributed by atoms with Crippen molar-refractivity contribution < 1.29 is 8.78 Å². The third kappa shape index (κ3) is 1.50. The van der Waals surface area contributed by atoms with Gasteiger partial charge >= 0.3 is 0 Å².